The van der Waals surface area contributed by atoms with E-state index >= 15 is 0 Å². The highest BCUT2D eigenvalue weighted by Crippen LogP contribution is 2.43. The monoisotopic (exact) mass is 379 g/mol. The van der Waals surface area contributed by atoms with Gasteiger partial charge in [-0.15, -0.1) is 0 Å². The Balaban J connectivity index is 1.53. The van der Waals surface area contributed by atoms with Gasteiger partial charge in [-0.3, -0.25) is 9.59 Å². The Morgan fingerprint density at radius 3 is 2.43 bits per heavy atom. The molecule has 1 aromatic heterocycles. The average Bonchev–Trinajstić information content (AvgIpc) is 2.92. The van der Waals surface area contributed by atoms with Crippen LogP contribution < -0.4 is 10.7 Å². The number of carbonyl (C=O) groups is 1. The highest BCUT2D eigenvalue weighted by atomic mass is 16.3. The molecular weight excluding hydrogens is 354 g/mol. The summed E-state index contributed by atoms with van der Waals surface area (Å²) in [5.41, 5.74) is 0.914. The molecule has 4 aliphatic rings. The number of rotatable bonds is 3. The summed E-state index contributed by atoms with van der Waals surface area (Å²) in [5.74, 6) is 0.609. The quantitative estimate of drug-likeness (QED) is 0.869. The summed E-state index contributed by atoms with van der Waals surface area (Å²) >= 11 is 0. The van der Waals surface area contributed by atoms with Crippen LogP contribution in [0.3, 0.4) is 0 Å². The third kappa shape index (κ3) is 2.88. The molecule has 6 rings (SSSR count). The molecule has 0 aliphatic carbocycles. The molecule has 3 unspecified atom stereocenters. The molecule has 0 radical (unpaired) electrons. The van der Waals surface area contributed by atoms with Crippen LogP contribution in [0.5, 0.6) is 0 Å². The van der Waals surface area contributed by atoms with E-state index in [-0.39, 0.29) is 28.6 Å². The molecule has 3 atom stereocenters. The molecule has 28 heavy (non-hydrogen) atoms. The third-order valence-electron chi connectivity index (χ3n) is 6.55. The van der Waals surface area contributed by atoms with Crippen molar-refractivity contribution in [3.63, 3.8) is 0 Å². The van der Waals surface area contributed by atoms with Crippen molar-refractivity contribution in [2.75, 3.05) is 39.3 Å². The van der Waals surface area contributed by atoms with E-state index in [4.69, 9.17) is 4.42 Å². The van der Waals surface area contributed by atoms with Gasteiger partial charge in [0.25, 0.3) is 5.91 Å². The fraction of sp³-hybridized carbons (Fsp3) is 0.455. The maximum absolute atomic E-state index is 13.0. The molecule has 4 bridgehead atoms. The number of piperidine rings is 2. The maximum Gasteiger partial charge on any atom is 0.287 e. The van der Waals surface area contributed by atoms with E-state index in [2.05, 4.69) is 39.4 Å². The molecule has 0 saturated carbocycles. The van der Waals surface area contributed by atoms with Crippen molar-refractivity contribution in [2.24, 2.45) is 5.92 Å². The fourth-order valence-corrected chi connectivity index (χ4v) is 5.50. The van der Waals surface area contributed by atoms with E-state index in [1.807, 2.05) is 6.07 Å². The van der Waals surface area contributed by atoms with Gasteiger partial charge >= 0.3 is 0 Å². The predicted molar refractivity (Wildman–Crippen MR) is 105 cm³/mol. The predicted octanol–water partition coefficient (Wildman–Crippen LogP) is 1.25. The summed E-state index contributed by atoms with van der Waals surface area (Å²) in [6.45, 7) is 7.72. The molecule has 1 N–H and O–H groups in total. The Kier molecular flexibility index (Phi) is 4.14. The summed E-state index contributed by atoms with van der Waals surface area (Å²) in [6, 6.07) is 13.2. The molecule has 2 aromatic rings. The second kappa shape index (κ2) is 6.57. The fourth-order valence-electron chi connectivity index (χ4n) is 5.50. The summed E-state index contributed by atoms with van der Waals surface area (Å²) in [5, 5.41) is 3.27. The molecule has 6 heteroatoms. The lowest BCUT2D eigenvalue weighted by Crippen LogP contribution is -2.70. The van der Waals surface area contributed by atoms with Gasteiger partial charge in [-0.1, -0.05) is 30.3 Å². The second-order valence-corrected chi connectivity index (χ2v) is 8.47. The van der Waals surface area contributed by atoms with Gasteiger partial charge in [-0.25, -0.2) is 0 Å². The van der Waals surface area contributed by atoms with Crippen molar-refractivity contribution >= 4 is 5.91 Å². The summed E-state index contributed by atoms with van der Waals surface area (Å²) < 4.78 is 5.54. The molecule has 4 saturated heterocycles. The standard InChI is InChI=1S/C22H25N3O3/c1-15-9-18(26)10-19(28-15)21(27)23-20-16-11-24-7-8-25(12-16)14-22(20,13-24)17-5-3-2-4-6-17/h2-6,9-10,16,20H,7-8,11-14H2,1H3,(H,23,27). The van der Waals surface area contributed by atoms with Crippen molar-refractivity contribution < 1.29 is 9.21 Å². The van der Waals surface area contributed by atoms with Gasteiger partial charge in [0.1, 0.15) is 5.76 Å². The Morgan fingerprint density at radius 2 is 1.79 bits per heavy atom. The SMILES string of the molecule is Cc1cc(=O)cc(C(=O)NC2C3CN4CCN(C3)CC2(c2ccccc2)C4)o1. The third-order valence-corrected chi connectivity index (χ3v) is 6.55. The van der Waals surface area contributed by atoms with E-state index in [9.17, 15) is 9.59 Å². The molecule has 4 aliphatic heterocycles. The molecule has 6 nitrogen and oxygen atoms in total. The van der Waals surface area contributed by atoms with E-state index in [0.717, 1.165) is 39.3 Å². The van der Waals surface area contributed by atoms with Crippen molar-refractivity contribution in [2.45, 2.75) is 18.4 Å². The van der Waals surface area contributed by atoms with Crippen LogP contribution >= 0.6 is 0 Å². The van der Waals surface area contributed by atoms with Crippen LogP contribution in [0.15, 0.2) is 51.7 Å². The highest BCUT2D eigenvalue weighted by Gasteiger charge is 2.55. The molecule has 146 valence electrons. The van der Waals surface area contributed by atoms with Crippen LogP contribution in [0.4, 0.5) is 0 Å². The van der Waals surface area contributed by atoms with Crippen LogP contribution in [0.1, 0.15) is 21.9 Å². The van der Waals surface area contributed by atoms with Gasteiger partial charge in [-0.2, -0.15) is 0 Å². The van der Waals surface area contributed by atoms with Crippen LogP contribution in [0.25, 0.3) is 0 Å². The molecule has 5 heterocycles. The highest BCUT2D eigenvalue weighted by molar-refractivity contribution is 5.91. The lowest BCUT2D eigenvalue weighted by atomic mass is 9.64. The smallest absolute Gasteiger partial charge is 0.287 e. The minimum atomic E-state index is -0.294. The van der Waals surface area contributed by atoms with Gasteiger partial charge in [0.15, 0.2) is 11.2 Å². The number of aryl methyl sites for hydroxylation is 1. The first-order valence-electron chi connectivity index (χ1n) is 9.96. The van der Waals surface area contributed by atoms with Gasteiger partial charge in [0.2, 0.25) is 0 Å². The Bertz CT molecular complexity index is 939. The van der Waals surface area contributed by atoms with Crippen molar-refractivity contribution in [3.05, 3.63) is 69.8 Å². The molecule has 1 aromatic carbocycles. The van der Waals surface area contributed by atoms with Crippen LogP contribution in [0.2, 0.25) is 0 Å². The van der Waals surface area contributed by atoms with Crippen LogP contribution in [-0.4, -0.2) is 61.0 Å². The first kappa shape index (κ1) is 17.6. The summed E-state index contributed by atoms with van der Waals surface area (Å²) in [4.78, 5) is 29.9. The van der Waals surface area contributed by atoms with Crippen molar-refractivity contribution in [1.29, 1.82) is 0 Å². The Labute approximate surface area is 164 Å². The summed E-state index contributed by atoms with van der Waals surface area (Å²) in [6.07, 6.45) is 0. The Hall–Kier alpha value is -2.44. The number of nitrogens with zero attached hydrogens (tertiary/aromatic N) is 2. The van der Waals surface area contributed by atoms with Crippen molar-refractivity contribution in [1.82, 2.24) is 15.1 Å². The number of nitrogens with one attached hydrogen (secondary N) is 1. The van der Waals surface area contributed by atoms with Gasteiger partial charge in [-0.05, 0) is 12.5 Å². The van der Waals surface area contributed by atoms with Crippen LogP contribution in [0, 0.1) is 12.8 Å². The van der Waals surface area contributed by atoms with E-state index < -0.39 is 0 Å². The van der Waals surface area contributed by atoms with Gasteiger partial charge < -0.3 is 19.5 Å². The first-order chi connectivity index (χ1) is 13.5. The lowest BCUT2D eigenvalue weighted by molar-refractivity contribution is 0.0174. The molecular formula is C22H25N3O3. The molecule has 0 spiro atoms. The number of fused-ring (bicyclic) bond motifs is 1. The molecule has 1 amide bonds. The number of hydrogen-bond acceptors (Lipinski definition) is 5. The zero-order valence-electron chi connectivity index (χ0n) is 16.1. The zero-order valence-corrected chi connectivity index (χ0v) is 16.1. The van der Waals surface area contributed by atoms with E-state index in [1.165, 1.54) is 17.7 Å². The van der Waals surface area contributed by atoms with Gasteiger partial charge in [0, 0.05) is 68.8 Å². The lowest BCUT2D eigenvalue weighted by Gasteiger charge is -2.55. The second-order valence-electron chi connectivity index (χ2n) is 8.47. The van der Waals surface area contributed by atoms with Crippen LogP contribution in [-0.2, 0) is 5.41 Å². The largest absolute Gasteiger partial charge is 0.456 e. The minimum absolute atomic E-state index is 0.0128. The molecule has 4 fully saturated rings. The van der Waals surface area contributed by atoms with Gasteiger partial charge in [0.05, 0.1) is 0 Å². The zero-order chi connectivity index (χ0) is 19.3. The topological polar surface area (TPSA) is 65.8 Å². The van der Waals surface area contributed by atoms with E-state index in [1.54, 1.807) is 6.92 Å². The number of carbonyl (C=O) groups excluding carboxylic acids is 1. The average molecular weight is 379 g/mol. The number of amides is 1. The Morgan fingerprint density at radius 1 is 1.11 bits per heavy atom. The number of hydrogen-bond donors (Lipinski definition) is 1. The normalized spacial score (nSPS) is 33.5. The van der Waals surface area contributed by atoms with Crippen molar-refractivity contribution in [3.8, 4) is 0 Å². The minimum Gasteiger partial charge on any atom is -0.456 e. The first-order valence-corrected chi connectivity index (χ1v) is 9.96. The number of benzene rings is 1. The maximum atomic E-state index is 13.0. The summed E-state index contributed by atoms with van der Waals surface area (Å²) in [7, 11) is 0. The van der Waals surface area contributed by atoms with E-state index in [0.29, 0.717) is 11.7 Å².